The van der Waals surface area contributed by atoms with Crippen molar-refractivity contribution in [2.75, 3.05) is 5.73 Å². The number of hydrogen-bond donors (Lipinski definition) is 1. The fourth-order valence-corrected chi connectivity index (χ4v) is 1.28. The van der Waals surface area contributed by atoms with Gasteiger partial charge in [-0.1, -0.05) is 22.8 Å². The van der Waals surface area contributed by atoms with Gasteiger partial charge in [-0.05, 0) is 12.1 Å². The molecule has 72 valence electrons. The predicted octanol–water partition coefficient (Wildman–Crippen LogP) is 2.11. The first-order valence-corrected chi connectivity index (χ1v) is 4.09. The number of hydrogen-bond acceptors (Lipinski definition) is 4. The summed E-state index contributed by atoms with van der Waals surface area (Å²) in [5, 5.41) is 7.16. The molecule has 0 aliphatic rings. The largest absolute Gasteiger partial charge is 0.403 e. The highest BCUT2D eigenvalue weighted by Gasteiger charge is 2.15. The smallest absolute Gasteiger partial charge is 0.313 e. The Bertz CT molecular complexity index is 451. The molecule has 0 aliphatic heterocycles. The van der Waals surface area contributed by atoms with Crippen LogP contribution in [-0.2, 0) is 0 Å². The van der Waals surface area contributed by atoms with Crippen LogP contribution in [0.25, 0.3) is 11.5 Å². The first-order valence-electron chi connectivity index (χ1n) is 3.72. The number of nitrogens with zero attached hydrogens (tertiary/aromatic N) is 2. The van der Waals surface area contributed by atoms with Crippen molar-refractivity contribution in [2.24, 2.45) is 0 Å². The minimum Gasteiger partial charge on any atom is -0.403 e. The molecule has 0 unspecified atom stereocenters. The quantitative estimate of drug-likeness (QED) is 0.788. The van der Waals surface area contributed by atoms with E-state index in [0.29, 0.717) is 0 Å². The van der Waals surface area contributed by atoms with Gasteiger partial charge >= 0.3 is 6.01 Å². The summed E-state index contributed by atoms with van der Waals surface area (Å²) in [6.07, 6.45) is 0. The van der Waals surface area contributed by atoms with Gasteiger partial charge in [-0.15, -0.1) is 5.10 Å². The molecule has 14 heavy (non-hydrogen) atoms. The summed E-state index contributed by atoms with van der Waals surface area (Å²) < 4.78 is 18.2. The lowest BCUT2D eigenvalue weighted by Gasteiger charge is -1.98. The van der Waals surface area contributed by atoms with E-state index in [1.165, 1.54) is 18.2 Å². The number of aromatic nitrogens is 2. The maximum Gasteiger partial charge on any atom is 0.313 e. The molecule has 2 rings (SSSR count). The van der Waals surface area contributed by atoms with Crippen molar-refractivity contribution in [1.29, 1.82) is 0 Å². The van der Waals surface area contributed by atoms with E-state index in [9.17, 15) is 4.39 Å². The average Bonchev–Trinajstić information content (AvgIpc) is 2.51. The third kappa shape index (κ3) is 1.42. The van der Waals surface area contributed by atoms with Crippen LogP contribution in [-0.4, -0.2) is 10.2 Å². The Kier molecular flexibility index (Phi) is 2.09. The topological polar surface area (TPSA) is 64.9 Å². The molecule has 2 aromatic rings. The summed E-state index contributed by atoms with van der Waals surface area (Å²) in [6.45, 7) is 0. The van der Waals surface area contributed by atoms with Gasteiger partial charge in [-0.3, -0.25) is 0 Å². The Hall–Kier alpha value is -1.62. The standard InChI is InChI=1S/C8H5ClFN3O/c9-4-2-1-3-5(10)6(4)7-12-13-8(11)14-7/h1-3H,(H2,11,13). The fourth-order valence-electron chi connectivity index (χ4n) is 1.04. The number of halogens is 2. The monoisotopic (exact) mass is 213 g/mol. The van der Waals surface area contributed by atoms with Crippen molar-refractivity contribution in [3.8, 4) is 11.5 Å². The second kappa shape index (κ2) is 3.26. The molecule has 0 saturated heterocycles. The van der Waals surface area contributed by atoms with Crippen LogP contribution in [0, 0.1) is 5.82 Å². The number of benzene rings is 1. The molecule has 0 spiro atoms. The number of anilines is 1. The Balaban J connectivity index is 2.61. The molecule has 0 aliphatic carbocycles. The summed E-state index contributed by atoms with van der Waals surface area (Å²) in [6, 6.07) is 4.14. The molecule has 0 radical (unpaired) electrons. The lowest BCUT2D eigenvalue weighted by molar-refractivity contribution is 0.575. The zero-order chi connectivity index (χ0) is 10.1. The van der Waals surface area contributed by atoms with Gasteiger partial charge in [-0.25, -0.2) is 4.39 Å². The molecular formula is C8H5ClFN3O. The highest BCUT2D eigenvalue weighted by molar-refractivity contribution is 6.33. The Morgan fingerprint density at radius 1 is 1.36 bits per heavy atom. The van der Waals surface area contributed by atoms with Crippen LogP contribution >= 0.6 is 11.6 Å². The van der Waals surface area contributed by atoms with Crippen LogP contribution in [0.5, 0.6) is 0 Å². The zero-order valence-electron chi connectivity index (χ0n) is 6.87. The molecule has 1 aromatic heterocycles. The van der Waals surface area contributed by atoms with Crippen LogP contribution < -0.4 is 5.73 Å². The lowest BCUT2D eigenvalue weighted by atomic mass is 10.2. The zero-order valence-corrected chi connectivity index (χ0v) is 7.62. The molecule has 0 saturated carbocycles. The molecule has 1 heterocycles. The second-order valence-electron chi connectivity index (χ2n) is 2.54. The maximum absolute atomic E-state index is 13.3. The van der Waals surface area contributed by atoms with Crippen molar-refractivity contribution in [3.05, 3.63) is 29.0 Å². The first-order chi connectivity index (χ1) is 6.68. The van der Waals surface area contributed by atoms with Crippen LogP contribution in [0.3, 0.4) is 0 Å². The summed E-state index contributed by atoms with van der Waals surface area (Å²) in [5.41, 5.74) is 5.28. The van der Waals surface area contributed by atoms with E-state index in [4.69, 9.17) is 21.8 Å². The van der Waals surface area contributed by atoms with Crippen molar-refractivity contribution in [3.63, 3.8) is 0 Å². The molecule has 0 amide bonds. The Morgan fingerprint density at radius 3 is 2.71 bits per heavy atom. The van der Waals surface area contributed by atoms with Crippen LogP contribution in [0.2, 0.25) is 5.02 Å². The van der Waals surface area contributed by atoms with E-state index in [-0.39, 0.29) is 22.5 Å². The second-order valence-corrected chi connectivity index (χ2v) is 2.95. The predicted molar refractivity (Wildman–Crippen MR) is 49.1 cm³/mol. The number of nitrogen functional groups attached to an aromatic ring is 1. The molecule has 4 nitrogen and oxygen atoms in total. The van der Waals surface area contributed by atoms with Crippen molar-refractivity contribution in [1.82, 2.24) is 10.2 Å². The van der Waals surface area contributed by atoms with E-state index in [1.807, 2.05) is 0 Å². The Morgan fingerprint density at radius 2 is 2.14 bits per heavy atom. The minimum atomic E-state index is -0.527. The van der Waals surface area contributed by atoms with Crippen LogP contribution in [0.4, 0.5) is 10.4 Å². The third-order valence-electron chi connectivity index (χ3n) is 1.62. The van der Waals surface area contributed by atoms with E-state index in [1.54, 1.807) is 0 Å². The first kappa shape index (κ1) is 8.96. The summed E-state index contributed by atoms with van der Waals surface area (Å²) in [4.78, 5) is 0. The lowest BCUT2D eigenvalue weighted by Crippen LogP contribution is -1.85. The molecule has 0 bridgehead atoms. The molecule has 6 heteroatoms. The molecular weight excluding hydrogens is 209 g/mol. The van der Waals surface area contributed by atoms with Crippen LogP contribution in [0.1, 0.15) is 0 Å². The summed E-state index contributed by atoms with van der Waals surface area (Å²) >= 11 is 5.76. The average molecular weight is 214 g/mol. The van der Waals surface area contributed by atoms with Gasteiger partial charge in [0.05, 0.1) is 10.6 Å². The van der Waals surface area contributed by atoms with Crippen molar-refractivity contribution >= 4 is 17.6 Å². The van der Waals surface area contributed by atoms with E-state index in [2.05, 4.69) is 10.2 Å². The van der Waals surface area contributed by atoms with Gasteiger partial charge in [0, 0.05) is 0 Å². The van der Waals surface area contributed by atoms with Gasteiger partial charge in [0.15, 0.2) is 0 Å². The molecule has 2 N–H and O–H groups in total. The SMILES string of the molecule is Nc1nnc(-c2c(F)cccc2Cl)o1. The van der Waals surface area contributed by atoms with Crippen molar-refractivity contribution in [2.45, 2.75) is 0 Å². The van der Waals surface area contributed by atoms with Crippen LogP contribution in [0.15, 0.2) is 22.6 Å². The van der Waals surface area contributed by atoms with Gasteiger partial charge < -0.3 is 10.2 Å². The summed E-state index contributed by atoms with van der Waals surface area (Å²) in [5.74, 6) is -0.549. The number of nitrogens with two attached hydrogens (primary N) is 1. The van der Waals surface area contributed by atoms with Gasteiger partial charge in [0.25, 0.3) is 5.89 Å². The molecule has 1 aromatic carbocycles. The number of rotatable bonds is 1. The van der Waals surface area contributed by atoms with Gasteiger partial charge in [0.1, 0.15) is 5.82 Å². The van der Waals surface area contributed by atoms with Gasteiger partial charge in [0.2, 0.25) is 0 Å². The summed E-state index contributed by atoms with van der Waals surface area (Å²) in [7, 11) is 0. The van der Waals surface area contributed by atoms with E-state index < -0.39 is 5.82 Å². The maximum atomic E-state index is 13.3. The van der Waals surface area contributed by atoms with E-state index in [0.717, 1.165) is 0 Å². The fraction of sp³-hybridized carbons (Fsp3) is 0. The van der Waals surface area contributed by atoms with Crippen molar-refractivity contribution < 1.29 is 8.81 Å². The molecule has 0 fully saturated rings. The third-order valence-corrected chi connectivity index (χ3v) is 1.93. The normalized spacial score (nSPS) is 10.4. The van der Waals surface area contributed by atoms with E-state index >= 15 is 0 Å². The Labute approximate surface area is 83.5 Å². The highest BCUT2D eigenvalue weighted by atomic mass is 35.5. The molecule has 0 atom stereocenters. The highest BCUT2D eigenvalue weighted by Crippen LogP contribution is 2.29. The minimum absolute atomic E-state index is 0.0226. The van der Waals surface area contributed by atoms with Gasteiger partial charge in [-0.2, -0.15) is 0 Å².